The molecule has 142 heavy (non-hydrogen) atoms. The van der Waals surface area contributed by atoms with Gasteiger partial charge in [-0.1, -0.05) is 62.2 Å². The summed E-state index contributed by atoms with van der Waals surface area (Å²) in [6, 6.07) is 14.2. The van der Waals surface area contributed by atoms with Crippen molar-refractivity contribution in [1.29, 1.82) is 0 Å². The molecular weight excluding hydrogens is 1930 g/mol. The number of hydrogen-bond acceptors (Lipinski definition) is 34. The van der Waals surface area contributed by atoms with Crippen molar-refractivity contribution in [2.75, 3.05) is 118 Å². The lowest BCUT2D eigenvalue weighted by molar-refractivity contribution is -0.902. The summed E-state index contributed by atoms with van der Waals surface area (Å²) in [6.45, 7) is 3.59. The monoisotopic (exact) mass is 2040 g/mol. The second-order valence-corrected chi connectivity index (χ2v) is 39.9. The highest BCUT2D eigenvalue weighted by Gasteiger charge is 2.48. The summed E-state index contributed by atoms with van der Waals surface area (Å²) >= 11 is 0. The summed E-state index contributed by atoms with van der Waals surface area (Å²) in [6.07, 6.45) is -12.6. The molecule has 4 aliphatic heterocycles. The largest absolute Gasteiger partial charge is 0.508 e. The molecule has 2 bridgehead atoms. The second kappa shape index (κ2) is 50.4. The van der Waals surface area contributed by atoms with Gasteiger partial charge in [0.25, 0.3) is 11.8 Å². The number of fused-ring (bicyclic) bond motifs is 5. The molecule has 2 unspecified atom stereocenters. The lowest BCUT2D eigenvalue weighted by Crippen LogP contribution is -2.62. The SMILES string of the molecule is CC[C@H](C)[C@@H]1NC(=O)CNC(=O)[C@@H]2Cc3c([nH]c4cc(O)ccc34)S(=O)C[C@H](NC(=O)CNC1=O)C(=O)N[C@@H](CC(=O)NCC[N+](C)(C)Cc1ccc(OS(=O)(=O)Oc3cc(C(=O)NCCOCCOCCOCCn4cc(CNC(=O)c5ccc(C(=O)CCS(=O)(=O)c6ccc(C)cc6)cc5)nn4)ccc3OC3O[C@H](CO)[C@H](O)[C@H](O)[C@H]3O)cc1)C(=O)N1C[C@H](O)C[C@H]1C(=O)N[C@@H]([C@@H](C)[C@@H](O)CO)C(=O)N2. The van der Waals surface area contributed by atoms with Gasteiger partial charge in [-0.05, 0) is 97.3 Å². The number of phenolic OH excluding ortho intramolecular Hbond substituents is 1. The summed E-state index contributed by atoms with van der Waals surface area (Å²) in [7, 11) is -7.89. The van der Waals surface area contributed by atoms with Gasteiger partial charge in [-0.2, -0.15) is 0 Å². The van der Waals surface area contributed by atoms with Crippen LogP contribution in [0, 0.1) is 18.8 Å². The maximum atomic E-state index is 15.3. The Labute approximate surface area is 818 Å². The summed E-state index contributed by atoms with van der Waals surface area (Å²) in [5, 5.41) is 118. The molecular formula is C91H119N16O32S3+. The number of amides is 11. The van der Waals surface area contributed by atoms with Crippen LogP contribution in [0.1, 0.15) is 99.9 Å². The van der Waals surface area contributed by atoms with Gasteiger partial charge in [-0.25, -0.2) is 13.1 Å². The van der Waals surface area contributed by atoms with Gasteiger partial charge < -0.3 is 140 Å². The molecule has 2 aromatic heterocycles. The first-order valence-corrected chi connectivity index (χ1v) is 49.9. The van der Waals surface area contributed by atoms with Crippen molar-refractivity contribution in [3.05, 3.63) is 154 Å². The van der Waals surface area contributed by atoms with Crippen LogP contribution >= 0.6 is 0 Å². The minimum absolute atomic E-state index is 0.0111. The number of carbonyl (C=O) groups is 12. The fourth-order valence-electron chi connectivity index (χ4n) is 15.7. The zero-order chi connectivity index (χ0) is 103. The number of likely N-dealkylation sites (N-methyl/N-ethyl adjacent to an activating group) is 1. The first-order chi connectivity index (χ1) is 67.5. The maximum Gasteiger partial charge on any atom is 0.501 e. The average molecular weight is 2050 g/mol. The molecule has 2 fully saturated rings. The molecule has 51 heteroatoms. The quantitative estimate of drug-likeness (QED) is 0.00974. The van der Waals surface area contributed by atoms with Crippen molar-refractivity contribution in [1.82, 2.24) is 78.0 Å². The van der Waals surface area contributed by atoms with E-state index in [1.54, 1.807) is 46.3 Å². The summed E-state index contributed by atoms with van der Waals surface area (Å²) < 4.78 is 109. The number of rotatable bonds is 40. The van der Waals surface area contributed by atoms with Gasteiger partial charge in [0.05, 0.1) is 164 Å². The Morgan fingerprint density at radius 3 is 2.03 bits per heavy atom. The van der Waals surface area contributed by atoms with E-state index in [0.717, 1.165) is 22.6 Å². The van der Waals surface area contributed by atoms with Crippen LogP contribution in [-0.4, -0.2) is 359 Å². The van der Waals surface area contributed by atoms with Gasteiger partial charge in [-0.15, -0.1) is 13.5 Å². The Hall–Kier alpha value is -12.6. The molecule has 48 nitrogen and oxygen atoms in total. The topological polar surface area (TPSA) is 687 Å². The van der Waals surface area contributed by atoms with Crippen LogP contribution in [0.3, 0.4) is 0 Å². The number of quaternary nitrogens is 1. The number of aliphatic hydroxyl groups excluding tert-OH is 7. The summed E-state index contributed by atoms with van der Waals surface area (Å²) in [4.78, 5) is 174. The second-order valence-electron chi connectivity index (χ2n) is 35.2. The van der Waals surface area contributed by atoms with Gasteiger partial charge in [-0.3, -0.25) is 61.7 Å². The molecule has 0 aliphatic carbocycles. The molecule has 6 heterocycles. The predicted octanol–water partition coefficient (Wildman–Crippen LogP) is -4.77. The number of aromatic amines is 1. The number of nitrogens with one attached hydrogen (secondary N) is 11. The highest BCUT2D eigenvalue weighted by molar-refractivity contribution is 7.91. The number of ether oxygens (including phenoxy) is 5. The minimum atomic E-state index is -5.21. The van der Waals surface area contributed by atoms with Crippen LogP contribution in [0.2, 0.25) is 0 Å². The fraction of sp³-hybridized carbons (Fsp3) is 0.495. The molecule has 11 rings (SSSR count). The number of sulfone groups is 1. The molecule has 0 saturated carbocycles. The fourth-order valence-corrected chi connectivity index (χ4v) is 19.1. The van der Waals surface area contributed by atoms with Crippen LogP contribution in [0.5, 0.6) is 23.0 Å². The van der Waals surface area contributed by atoms with E-state index in [0.29, 0.717) is 24.2 Å². The number of aromatic hydroxyl groups is 1. The van der Waals surface area contributed by atoms with Gasteiger partial charge in [0, 0.05) is 72.0 Å². The molecule has 5 aromatic carbocycles. The number of nitrogens with zero attached hydrogens (tertiary/aromatic N) is 5. The van der Waals surface area contributed by atoms with Crippen molar-refractivity contribution < 1.29 is 156 Å². The number of hydrogen-bond donors (Lipinski definition) is 19. The highest BCUT2D eigenvalue weighted by atomic mass is 32.3. The number of benzene rings is 5. The third-order valence-corrected chi connectivity index (χ3v) is 27.9. The zero-order valence-corrected chi connectivity index (χ0v) is 80.9. The number of aromatic nitrogens is 4. The van der Waals surface area contributed by atoms with Crippen molar-refractivity contribution in [3.8, 4) is 23.0 Å². The Morgan fingerprint density at radius 2 is 1.34 bits per heavy atom. The maximum absolute atomic E-state index is 15.3. The molecule has 16 atom stereocenters. The molecule has 0 spiro atoms. The normalized spacial score (nSPS) is 22.7. The molecule has 772 valence electrons. The van der Waals surface area contributed by atoms with Crippen LogP contribution in [0.4, 0.5) is 0 Å². The number of phenols is 1. The van der Waals surface area contributed by atoms with E-state index >= 15 is 13.8 Å². The van der Waals surface area contributed by atoms with Crippen LogP contribution in [0.25, 0.3) is 10.9 Å². The van der Waals surface area contributed by atoms with Gasteiger partial charge >= 0.3 is 10.4 Å². The third-order valence-electron chi connectivity index (χ3n) is 24.0. The van der Waals surface area contributed by atoms with Crippen LogP contribution < -0.4 is 66.3 Å². The molecule has 0 radical (unpaired) electrons. The van der Waals surface area contributed by atoms with E-state index in [1.165, 1.54) is 96.5 Å². The van der Waals surface area contributed by atoms with Crippen molar-refractivity contribution in [3.63, 3.8) is 0 Å². The van der Waals surface area contributed by atoms with Crippen molar-refractivity contribution in [2.24, 2.45) is 11.8 Å². The van der Waals surface area contributed by atoms with E-state index in [-0.39, 0.29) is 149 Å². The van der Waals surface area contributed by atoms with E-state index in [4.69, 9.17) is 32.1 Å². The van der Waals surface area contributed by atoms with E-state index in [2.05, 4.69) is 68.5 Å². The van der Waals surface area contributed by atoms with Crippen molar-refractivity contribution in [2.45, 2.75) is 169 Å². The Bertz CT molecular complexity index is 5920. The molecule has 2 saturated heterocycles. The minimum Gasteiger partial charge on any atom is -0.508 e. The van der Waals surface area contributed by atoms with Gasteiger partial charge in [0.1, 0.15) is 89.4 Å². The Balaban J connectivity index is 0.686. The summed E-state index contributed by atoms with van der Waals surface area (Å²) in [5.74, 6) is -16.2. The zero-order valence-electron chi connectivity index (χ0n) is 78.4. The standard InChI is InChI=1S/C91H118N16O32S3/c1-7-51(3)77-87(125)96-42-75(115)97-67-49-140(128)89-63(62-22-17-58(110)37-64(62)100-89)39-65(84(122)95-43-76(116)101-77)98-88(126)78(52(4)70(113)47-108)102-86(124)68-38-59(111)45-106(68)90(127)66(99-85(67)123)40-74(114)92-25-28-107(5,6)46-53-10-18-60(19-11-53)138-142(131,132)139-72-36-56(16-23-71(72)136-91-81(119)80(118)79(117)73(48-109)137-91)83(121)93-26-29-133-31-33-135-34-32-134-30-27-105-44-57(103-104-105)41-94-82(120)55-14-12-54(13-15-55)69(112)24-35-141(129,130)61-20-8-50(2)9-21-61/h8-23,36-37,44,51-52,59,65-68,70,73,77-81,91,108-109,111,113,117-119H,7,24-35,38-43,45-49H2,1-6H3,(H11-,92,93,94,95,96,97,98,99,100,101,102,103,104,110,112,114,115,116,120,121,122,123,124,125,126)/p+1/t51-,52-,59+,65-,66-,67-,68-,70-,73+,77-,78-,79-,80-,81+,91?,140?/m0/s1. The number of carbonyl (C=O) groups excluding carboxylic acids is 12. The number of aryl methyl sites for hydroxylation is 1. The van der Waals surface area contributed by atoms with E-state index in [9.17, 15) is 106 Å². The molecule has 7 aromatic rings. The summed E-state index contributed by atoms with van der Waals surface area (Å²) in [5.41, 5.74) is 2.38. The van der Waals surface area contributed by atoms with Crippen LogP contribution in [-0.2, 0) is 119 Å². The highest BCUT2D eigenvalue weighted by Crippen LogP contribution is 2.36. The van der Waals surface area contributed by atoms with Crippen LogP contribution in [0.15, 0.2) is 125 Å². The van der Waals surface area contributed by atoms with E-state index in [1.807, 2.05) is 6.92 Å². The van der Waals surface area contributed by atoms with Crippen molar-refractivity contribution >= 4 is 113 Å². The number of H-pyrrole nitrogens is 1. The lowest BCUT2D eigenvalue weighted by atomic mass is 9.93. The molecule has 4 aliphatic rings. The number of ketones is 1. The predicted molar refractivity (Wildman–Crippen MR) is 499 cm³/mol. The van der Waals surface area contributed by atoms with Gasteiger partial charge in [0.2, 0.25) is 59.5 Å². The average Bonchev–Trinajstić information content (AvgIpc) is 1.61. The number of Topliss-reactive ketones (excluding diaryl/α,β-unsaturated/α-hetero) is 1. The number of aliphatic hydroxyl groups is 7. The van der Waals surface area contributed by atoms with Gasteiger partial charge in [0.15, 0.2) is 27.1 Å². The third kappa shape index (κ3) is 30.5. The Morgan fingerprint density at radius 1 is 0.676 bits per heavy atom. The molecule has 11 amide bonds. The first kappa shape index (κ1) is 110. The Kier molecular flexibility index (Phi) is 38.9. The lowest BCUT2D eigenvalue weighted by Gasteiger charge is -2.39. The smallest absolute Gasteiger partial charge is 0.501 e. The van der Waals surface area contributed by atoms with E-state index < -0.39 is 256 Å². The first-order valence-electron chi connectivity index (χ1n) is 45.6. The molecule has 19 N–H and O–H groups in total.